The number of hydrogen-bond donors (Lipinski definition) is 0. The Balaban J connectivity index is 1.15. The Morgan fingerprint density at radius 2 is 2.19 bits per heavy atom. The maximum Gasteiger partial charge on any atom is 0.227 e. The maximum atomic E-state index is 14.9. The molecule has 1 aliphatic heterocycles. The molecule has 4 heterocycles. The molecule has 1 saturated heterocycles. The van der Waals surface area contributed by atoms with Gasteiger partial charge in [0, 0.05) is 43.2 Å². The summed E-state index contributed by atoms with van der Waals surface area (Å²) in [6.45, 7) is 4.23. The molecule has 0 bridgehead atoms. The molecule has 0 N–H and O–H groups in total. The molecule has 2 atom stereocenters. The van der Waals surface area contributed by atoms with Crippen LogP contribution in [0.5, 0.6) is 0 Å². The lowest BCUT2D eigenvalue weighted by Gasteiger charge is -2.22. The van der Waals surface area contributed by atoms with Crippen molar-refractivity contribution in [1.29, 1.82) is 0 Å². The number of allylic oxidation sites excluding steroid dienone is 3. The number of hydrogen-bond acceptors (Lipinski definition) is 9. The number of halogens is 1. The largest absolute Gasteiger partial charge is 0.488 e. The van der Waals surface area contributed by atoms with Crippen LogP contribution in [0.4, 0.5) is 10.3 Å². The number of anilines is 1. The standard InChI is InChI=1S/C21H23FN8OS/c1-2-15-9-23-20(24-10-15)29-8-5-16(11-29)19-26-17(13-32-19)12-31-18-3-6-21(22,7-4-18)30-14-25-27-28-30/h3-4,6,9-10,13-14,16H,2,5,7-8,11-12H2,1H3. The molecule has 0 spiro atoms. The van der Waals surface area contributed by atoms with Gasteiger partial charge in [-0.25, -0.2) is 19.3 Å². The van der Waals surface area contributed by atoms with E-state index in [9.17, 15) is 4.39 Å². The van der Waals surface area contributed by atoms with Gasteiger partial charge in [0.05, 0.1) is 10.7 Å². The summed E-state index contributed by atoms with van der Waals surface area (Å²) in [6, 6.07) is 0. The van der Waals surface area contributed by atoms with Gasteiger partial charge in [-0.1, -0.05) is 6.92 Å². The number of aromatic nitrogens is 7. The fourth-order valence-corrected chi connectivity index (χ4v) is 4.70. The topological polar surface area (TPSA) is 94.7 Å². The number of aryl methyl sites for hydroxylation is 1. The van der Waals surface area contributed by atoms with Crippen LogP contribution in [0, 0.1) is 0 Å². The summed E-state index contributed by atoms with van der Waals surface area (Å²) in [7, 11) is 0. The molecular weight excluding hydrogens is 431 g/mol. The third kappa shape index (κ3) is 4.24. The molecule has 1 fully saturated rings. The van der Waals surface area contributed by atoms with Gasteiger partial charge in [-0.05, 0) is 47.1 Å². The summed E-state index contributed by atoms with van der Waals surface area (Å²) in [5.74, 6) is -0.00785. The third-order valence-electron chi connectivity index (χ3n) is 5.70. The van der Waals surface area contributed by atoms with Gasteiger partial charge in [-0.2, -0.15) is 4.68 Å². The molecule has 2 unspecified atom stereocenters. The van der Waals surface area contributed by atoms with E-state index in [0.29, 0.717) is 18.3 Å². The summed E-state index contributed by atoms with van der Waals surface area (Å²) in [5.41, 5.74) is 2.02. The zero-order valence-electron chi connectivity index (χ0n) is 17.6. The lowest BCUT2D eigenvalue weighted by molar-refractivity contribution is 0.107. The van der Waals surface area contributed by atoms with E-state index in [1.807, 2.05) is 17.8 Å². The second-order valence-corrected chi connectivity index (χ2v) is 8.75. The monoisotopic (exact) mass is 454 g/mol. The van der Waals surface area contributed by atoms with Crippen molar-refractivity contribution in [3.63, 3.8) is 0 Å². The van der Waals surface area contributed by atoms with E-state index >= 15 is 0 Å². The van der Waals surface area contributed by atoms with Crippen molar-refractivity contribution < 1.29 is 9.13 Å². The van der Waals surface area contributed by atoms with E-state index in [1.165, 1.54) is 12.4 Å². The van der Waals surface area contributed by atoms with E-state index in [4.69, 9.17) is 9.72 Å². The fraction of sp³-hybridized carbons (Fsp3) is 0.429. The minimum absolute atomic E-state index is 0.103. The van der Waals surface area contributed by atoms with Gasteiger partial charge in [0.1, 0.15) is 18.7 Å². The van der Waals surface area contributed by atoms with Gasteiger partial charge in [0.15, 0.2) is 0 Å². The van der Waals surface area contributed by atoms with Gasteiger partial charge in [0.25, 0.3) is 0 Å². The van der Waals surface area contributed by atoms with Gasteiger partial charge in [-0.15, -0.1) is 16.4 Å². The SMILES string of the molecule is CCc1cnc(N2CCC(c3nc(COC4=CCC(F)(n5cnnn5)C=C4)cs3)C2)nc1. The van der Waals surface area contributed by atoms with E-state index < -0.39 is 5.79 Å². The second-order valence-electron chi connectivity index (χ2n) is 7.86. The van der Waals surface area contributed by atoms with Crippen LogP contribution in [-0.4, -0.2) is 48.2 Å². The molecule has 1 aliphatic carbocycles. The first kappa shape index (κ1) is 20.7. The molecule has 0 radical (unpaired) electrons. The number of nitrogens with zero attached hydrogens (tertiary/aromatic N) is 8. The first-order valence-corrected chi connectivity index (χ1v) is 11.5. The number of thiazole rings is 1. The Morgan fingerprint density at radius 1 is 1.31 bits per heavy atom. The molecule has 0 saturated carbocycles. The highest BCUT2D eigenvalue weighted by Gasteiger charge is 2.32. The lowest BCUT2D eigenvalue weighted by atomic mass is 10.1. The molecule has 0 amide bonds. The zero-order chi connectivity index (χ0) is 22.0. The van der Waals surface area contributed by atoms with E-state index in [2.05, 4.69) is 37.3 Å². The number of alkyl halides is 1. The van der Waals surface area contributed by atoms with Crippen molar-refractivity contribution in [2.45, 2.75) is 44.5 Å². The maximum absolute atomic E-state index is 14.9. The minimum atomic E-state index is -1.76. The summed E-state index contributed by atoms with van der Waals surface area (Å²) in [5, 5.41) is 13.8. The highest BCUT2D eigenvalue weighted by molar-refractivity contribution is 7.09. The van der Waals surface area contributed by atoms with Crippen LogP contribution < -0.4 is 4.90 Å². The Hall–Kier alpha value is -3.21. The van der Waals surface area contributed by atoms with Crippen LogP contribution in [-0.2, 0) is 23.6 Å². The Kier molecular flexibility index (Phi) is 5.64. The Morgan fingerprint density at radius 3 is 2.91 bits per heavy atom. The van der Waals surface area contributed by atoms with Crippen molar-refractivity contribution in [2.24, 2.45) is 0 Å². The van der Waals surface area contributed by atoms with Crippen molar-refractivity contribution in [2.75, 3.05) is 18.0 Å². The van der Waals surface area contributed by atoms with Crippen LogP contribution in [0.3, 0.4) is 0 Å². The van der Waals surface area contributed by atoms with Gasteiger partial charge in [0.2, 0.25) is 11.7 Å². The molecule has 0 aromatic carbocycles. The molecule has 9 nitrogen and oxygen atoms in total. The summed E-state index contributed by atoms with van der Waals surface area (Å²) >= 11 is 1.65. The van der Waals surface area contributed by atoms with Crippen LogP contribution in [0.25, 0.3) is 0 Å². The number of ether oxygens (including phenoxy) is 1. The normalized spacial score (nSPS) is 22.9. The van der Waals surface area contributed by atoms with Crippen molar-refractivity contribution >= 4 is 17.3 Å². The fourth-order valence-electron chi connectivity index (χ4n) is 3.77. The van der Waals surface area contributed by atoms with Gasteiger partial charge >= 0.3 is 0 Å². The predicted octanol–water partition coefficient (Wildman–Crippen LogP) is 3.16. The Labute approximate surface area is 188 Å². The smallest absolute Gasteiger partial charge is 0.227 e. The molecule has 5 rings (SSSR count). The van der Waals surface area contributed by atoms with Gasteiger partial charge in [-0.3, -0.25) is 0 Å². The molecule has 166 valence electrons. The molecule has 11 heteroatoms. The second kappa shape index (κ2) is 8.73. The van der Waals surface area contributed by atoms with Crippen molar-refractivity contribution in [3.05, 3.63) is 64.4 Å². The molecule has 2 aliphatic rings. The quantitative estimate of drug-likeness (QED) is 0.537. The summed E-state index contributed by atoms with van der Waals surface area (Å²) < 4.78 is 21.8. The zero-order valence-corrected chi connectivity index (χ0v) is 18.5. The summed E-state index contributed by atoms with van der Waals surface area (Å²) in [4.78, 5) is 16.0. The van der Waals surface area contributed by atoms with Crippen LogP contribution in [0.15, 0.2) is 48.1 Å². The van der Waals surface area contributed by atoms with Crippen LogP contribution in [0.1, 0.15) is 41.9 Å². The minimum Gasteiger partial charge on any atom is -0.488 e. The van der Waals surface area contributed by atoms with Crippen LogP contribution >= 0.6 is 11.3 Å². The van der Waals surface area contributed by atoms with Crippen molar-refractivity contribution in [1.82, 2.24) is 35.2 Å². The van der Waals surface area contributed by atoms with E-state index in [1.54, 1.807) is 23.5 Å². The van der Waals surface area contributed by atoms with Gasteiger partial charge < -0.3 is 9.64 Å². The highest BCUT2D eigenvalue weighted by atomic mass is 32.1. The predicted molar refractivity (Wildman–Crippen MR) is 117 cm³/mol. The number of tetrazole rings is 1. The first-order valence-electron chi connectivity index (χ1n) is 10.6. The molecule has 32 heavy (non-hydrogen) atoms. The summed E-state index contributed by atoms with van der Waals surface area (Å²) in [6.07, 6.45) is 11.8. The third-order valence-corrected chi connectivity index (χ3v) is 6.75. The van der Waals surface area contributed by atoms with E-state index in [0.717, 1.165) is 52.8 Å². The van der Waals surface area contributed by atoms with Crippen LogP contribution in [0.2, 0.25) is 0 Å². The Bertz CT molecular complexity index is 1110. The average molecular weight is 455 g/mol. The average Bonchev–Trinajstić information content (AvgIpc) is 3.60. The number of rotatable bonds is 7. The molecular formula is C21H23FN8OS. The lowest BCUT2D eigenvalue weighted by Crippen LogP contribution is -2.28. The highest BCUT2D eigenvalue weighted by Crippen LogP contribution is 2.32. The first-order chi connectivity index (χ1) is 15.6. The van der Waals surface area contributed by atoms with E-state index in [-0.39, 0.29) is 6.42 Å². The molecule has 3 aromatic heterocycles. The van der Waals surface area contributed by atoms with Crippen molar-refractivity contribution in [3.8, 4) is 0 Å². The molecule has 3 aromatic rings.